The fraction of sp³-hybridized carbons (Fsp3) is 0.440. The highest BCUT2D eigenvalue weighted by atomic mass is 32.2. The number of sulfonamides is 1. The van der Waals surface area contributed by atoms with E-state index >= 15 is 0 Å². The number of anilines is 1. The van der Waals surface area contributed by atoms with Crippen LogP contribution in [0.25, 0.3) is 0 Å². The molecule has 4 rings (SSSR count). The summed E-state index contributed by atoms with van der Waals surface area (Å²) in [5.74, 6) is -1.30. The molecule has 0 radical (unpaired) electrons. The molecular formula is C25H30FN3O4S. The van der Waals surface area contributed by atoms with E-state index in [-0.39, 0.29) is 41.8 Å². The van der Waals surface area contributed by atoms with E-state index in [9.17, 15) is 22.4 Å². The number of fused-ring (bicyclic) bond motifs is 1. The van der Waals surface area contributed by atoms with Crippen LogP contribution in [0.2, 0.25) is 0 Å². The number of benzene rings is 2. The normalized spacial score (nSPS) is 17.5. The second-order valence-corrected chi connectivity index (χ2v) is 11.0. The SMILES string of the molecule is CC(C)NC(=O)c1cccc2c1CCCN2C(=O)C1CCN(S(=O)(=O)c2ccccc2F)CC1. The lowest BCUT2D eigenvalue weighted by atomic mass is 9.92. The Kier molecular flexibility index (Phi) is 7.04. The van der Waals surface area contributed by atoms with E-state index in [2.05, 4.69) is 5.32 Å². The summed E-state index contributed by atoms with van der Waals surface area (Å²) in [6.07, 6.45) is 2.21. The van der Waals surface area contributed by atoms with Gasteiger partial charge in [0.25, 0.3) is 5.91 Å². The first-order valence-electron chi connectivity index (χ1n) is 11.7. The van der Waals surface area contributed by atoms with Gasteiger partial charge in [0, 0.05) is 42.8 Å². The van der Waals surface area contributed by atoms with Gasteiger partial charge in [-0.1, -0.05) is 18.2 Å². The van der Waals surface area contributed by atoms with Gasteiger partial charge in [-0.25, -0.2) is 12.8 Å². The lowest BCUT2D eigenvalue weighted by Gasteiger charge is -2.36. The number of carbonyl (C=O) groups is 2. The number of nitrogens with one attached hydrogen (secondary N) is 1. The van der Waals surface area contributed by atoms with Crippen molar-refractivity contribution >= 4 is 27.5 Å². The highest BCUT2D eigenvalue weighted by molar-refractivity contribution is 7.89. The average molecular weight is 488 g/mol. The fourth-order valence-corrected chi connectivity index (χ4v) is 6.30. The summed E-state index contributed by atoms with van der Waals surface area (Å²) in [6.45, 7) is 4.69. The molecule has 2 aliphatic rings. The summed E-state index contributed by atoms with van der Waals surface area (Å²) >= 11 is 0. The molecule has 7 nitrogen and oxygen atoms in total. The lowest BCUT2D eigenvalue weighted by molar-refractivity contribution is -0.123. The van der Waals surface area contributed by atoms with Crippen molar-refractivity contribution in [3.8, 4) is 0 Å². The van der Waals surface area contributed by atoms with E-state index in [0.29, 0.717) is 24.9 Å². The molecule has 0 atom stereocenters. The molecule has 0 bridgehead atoms. The first-order valence-corrected chi connectivity index (χ1v) is 13.1. The minimum Gasteiger partial charge on any atom is -0.350 e. The van der Waals surface area contributed by atoms with Crippen molar-refractivity contribution in [3.63, 3.8) is 0 Å². The largest absolute Gasteiger partial charge is 0.350 e. The summed E-state index contributed by atoms with van der Waals surface area (Å²) in [5.41, 5.74) is 2.23. The zero-order valence-electron chi connectivity index (χ0n) is 19.5. The molecule has 0 saturated carbocycles. The third-order valence-corrected chi connectivity index (χ3v) is 8.37. The predicted octanol–water partition coefficient (Wildman–Crippen LogP) is 3.34. The lowest BCUT2D eigenvalue weighted by Crippen LogP contribution is -2.46. The van der Waals surface area contributed by atoms with Gasteiger partial charge in [0.15, 0.2) is 0 Å². The van der Waals surface area contributed by atoms with Gasteiger partial charge in [-0.2, -0.15) is 4.31 Å². The molecule has 1 N–H and O–H groups in total. The molecule has 1 fully saturated rings. The van der Waals surface area contributed by atoms with Crippen LogP contribution < -0.4 is 10.2 Å². The molecule has 2 aliphatic heterocycles. The van der Waals surface area contributed by atoms with Gasteiger partial charge in [0.1, 0.15) is 10.7 Å². The van der Waals surface area contributed by atoms with Crippen molar-refractivity contribution in [2.24, 2.45) is 5.92 Å². The van der Waals surface area contributed by atoms with Crippen LogP contribution in [0.5, 0.6) is 0 Å². The number of rotatable bonds is 5. The van der Waals surface area contributed by atoms with Gasteiger partial charge in [-0.15, -0.1) is 0 Å². The Bertz CT molecular complexity index is 1190. The van der Waals surface area contributed by atoms with Crippen molar-refractivity contribution in [1.29, 1.82) is 0 Å². The van der Waals surface area contributed by atoms with Crippen LogP contribution in [-0.2, 0) is 21.2 Å². The molecule has 2 aromatic carbocycles. The van der Waals surface area contributed by atoms with Crippen LogP contribution >= 0.6 is 0 Å². The van der Waals surface area contributed by atoms with Gasteiger partial charge in [-0.3, -0.25) is 9.59 Å². The topological polar surface area (TPSA) is 86.8 Å². The molecule has 0 aromatic heterocycles. The molecule has 2 heterocycles. The van der Waals surface area contributed by atoms with E-state index in [1.807, 2.05) is 19.9 Å². The van der Waals surface area contributed by atoms with E-state index < -0.39 is 15.8 Å². The molecule has 2 amide bonds. The van der Waals surface area contributed by atoms with Gasteiger partial charge < -0.3 is 10.2 Å². The molecule has 0 unspecified atom stereocenters. The Morgan fingerprint density at radius 3 is 2.41 bits per heavy atom. The zero-order valence-corrected chi connectivity index (χ0v) is 20.3. The van der Waals surface area contributed by atoms with Gasteiger partial charge in [0.2, 0.25) is 15.9 Å². The van der Waals surface area contributed by atoms with Crippen LogP contribution in [0.3, 0.4) is 0 Å². The first kappa shape index (κ1) is 24.3. The van der Waals surface area contributed by atoms with Crippen molar-refractivity contribution in [1.82, 2.24) is 9.62 Å². The van der Waals surface area contributed by atoms with Crippen LogP contribution in [0.1, 0.15) is 49.0 Å². The van der Waals surface area contributed by atoms with Crippen molar-refractivity contribution in [3.05, 3.63) is 59.4 Å². The van der Waals surface area contributed by atoms with Gasteiger partial charge in [-0.05, 0) is 69.4 Å². The summed E-state index contributed by atoms with van der Waals surface area (Å²) in [6, 6.07) is 10.8. The maximum Gasteiger partial charge on any atom is 0.251 e. The van der Waals surface area contributed by atoms with Crippen LogP contribution in [0.15, 0.2) is 47.4 Å². The Morgan fingerprint density at radius 1 is 1.03 bits per heavy atom. The van der Waals surface area contributed by atoms with Gasteiger partial charge in [0.05, 0.1) is 0 Å². The number of carbonyl (C=O) groups excluding carboxylic acids is 2. The predicted molar refractivity (Wildman–Crippen MR) is 128 cm³/mol. The molecule has 182 valence electrons. The summed E-state index contributed by atoms with van der Waals surface area (Å²) in [7, 11) is -3.95. The molecule has 34 heavy (non-hydrogen) atoms. The summed E-state index contributed by atoms with van der Waals surface area (Å²) in [4.78, 5) is 27.5. The van der Waals surface area contributed by atoms with Crippen LogP contribution in [-0.4, -0.2) is 50.2 Å². The monoisotopic (exact) mass is 487 g/mol. The van der Waals surface area contributed by atoms with Crippen molar-refractivity contribution in [2.45, 2.75) is 50.5 Å². The number of amides is 2. The molecule has 0 spiro atoms. The van der Waals surface area contributed by atoms with Crippen LogP contribution in [0, 0.1) is 11.7 Å². The maximum absolute atomic E-state index is 14.1. The van der Waals surface area contributed by atoms with E-state index in [4.69, 9.17) is 0 Å². The number of hydrogen-bond donors (Lipinski definition) is 1. The Hall–Kier alpha value is -2.78. The third-order valence-electron chi connectivity index (χ3n) is 6.44. The minimum absolute atomic E-state index is 0.00973. The van der Waals surface area contributed by atoms with Crippen molar-refractivity contribution < 1.29 is 22.4 Å². The van der Waals surface area contributed by atoms with E-state index in [0.717, 1.165) is 30.2 Å². The molecule has 0 aliphatic carbocycles. The van der Waals surface area contributed by atoms with Crippen molar-refractivity contribution in [2.75, 3.05) is 24.5 Å². The number of piperidine rings is 1. The summed E-state index contributed by atoms with van der Waals surface area (Å²) < 4.78 is 41.1. The molecular weight excluding hydrogens is 457 g/mol. The standard InChI is InChI=1S/C25H30FN3O4S/c1-17(2)27-24(30)20-7-5-10-22-19(20)8-6-14-29(22)25(31)18-12-15-28(16-13-18)34(32,33)23-11-4-3-9-21(23)26/h3-5,7,9-11,17-18H,6,8,12-16H2,1-2H3,(H,27,30). The van der Waals surface area contributed by atoms with E-state index in [1.54, 1.807) is 17.0 Å². The number of nitrogens with zero attached hydrogens (tertiary/aromatic N) is 2. The van der Waals surface area contributed by atoms with E-state index in [1.165, 1.54) is 22.5 Å². The smallest absolute Gasteiger partial charge is 0.251 e. The average Bonchev–Trinajstić information content (AvgIpc) is 2.82. The second kappa shape index (κ2) is 9.84. The fourth-order valence-electron chi connectivity index (χ4n) is 4.76. The third kappa shape index (κ3) is 4.72. The number of hydrogen-bond acceptors (Lipinski definition) is 4. The Balaban J connectivity index is 1.49. The highest BCUT2D eigenvalue weighted by Gasteiger charge is 2.36. The number of halogens is 1. The highest BCUT2D eigenvalue weighted by Crippen LogP contribution is 2.33. The Labute approximate surface area is 200 Å². The first-order chi connectivity index (χ1) is 16.2. The second-order valence-electron chi connectivity index (χ2n) is 9.13. The van der Waals surface area contributed by atoms with Gasteiger partial charge >= 0.3 is 0 Å². The quantitative estimate of drug-likeness (QED) is 0.701. The minimum atomic E-state index is -3.95. The maximum atomic E-state index is 14.1. The Morgan fingerprint density at radius 2 is 1.74 bits per heavy atom. The summed E-state index contributed by atoms with van der Waals surface area (Å²) in [5, 5.41) is 2.92. The molecule has 2 aromatic rings. The molecule has 9 heteroatoms. The van der Waals surface area contributed by atoms with Crippen LogP contribution in [0.4, 0.5) is 10.1 Å². The molecule has 1 saturated heterocycles. The zero-order chi connectivity index (χ0) is 24.5.